The molecule has 0 N–H and O–H groups in total. The Balaban J connectivity index is 1.46. The summed E-state index contributed by atoms with van der Waals surface area (Å²) in [6.07, 6.45) is 4.19. The fourth-order valence-corrected chi connectivity index (χ4v) is 4.51. The number of aryl methyl sites for hydroxylation is 2. The van der Waals surface area contributed by atoms with Crippen molar-refractivity contribution in [1.82, 2.24) is 24.1 Å². The van der Waals surface area contributed by atoms with Crippen LogP contribution in [0.25, 0.3) is 11.3 Å². The number of rotatable bonds is 5. The van der Waals surface area contributed by atoms with Crippen LogP contribution in [0.15, 0.2) is 53.9 Å². The van der Waals surface area contributed by atoms with E-state index in [-0.39, 0.29) is 0 Å². The van der Waals surface area contributed by atoms with E-state index in [0.29, 0.717) is 13.2 Å². The molecule has 0 saturated carbocycles. The Labute approximate surface area is 179 Å². The molecule has 0 aliphatic carbocycles. The number of aromatic nitrogens is 5. The Hall–Kier alpha value is -2.84. The van der Waals surface area contributed by atoms with Gasteiger partial charge in [-0.25, -0.2) is 4.98 Å². The Kier molecular flexibility index (Phi) is 5.18. The SMILES string of the molecule is Cc1cccc(-n2c(SCc3cn4cc(C)ccc4n3)nnc2N2CCOCC2)c1. The zero-order chi connectivity index (χ0) is 20.5. The van der Waals surface area contributed by atoms with Gasteiger partial charge in [0.2, 0.25) is 5.95 Å². The summed E-state index contributed by atoms with van der Waals surface area (Å²) >= 11 is 1.66. The first-order chi connectivity index (χ1) is 14.7. The van der Waals surface area contributed by atoms with Gasteiger partial charge in [-0.05, 0) is 43.2 Å². The van der Waals surface area contributed by atoms with Gasteiger partial charge in [0, 0.05) is 31.2 Å². The van der Waals surface area contributed by atoms with Crippen molar-refractivity contribution in [3.8, 4) is 5.69 Å². The smallest absolute Gasteiger partial charge is 0.232 e. The maximum Gasteiger partial charge on any atom is 0.232 e. The second-order valence-electron chi connectivity index (χ2n) is 7.55. The minimum atomic E-state index is 0.712. The van der Waals surface area contributed by atoms with Gasteiger partial charge >= 0.3 is 0 Å². The van der Waals surface area contributed by atoms with E-state index in [1.54, 1.807) is 11.8 Å². The number of pyridine rings is 1. The summed E-state index contributed by atoms with van der Waals surface area (Å²) in [5.41, 5.74) is 5.49. The summed E-state index contributed by atoms with van der Waals surface area (Å²) in [5.74, 6) is 1.60. The van der Waals surface area contributed by atoms with Crippen molar-refractivity contribution in [2.75, 3.05) is 31.2 Å². The lowest BCUT2D eigenvalue weighted by molar-refractivity contribution is 0.122. The molecule has 30 heavy (non-hydrogen) atoms. The van der Waals surface area contributed by atoms with Gasteiger partial charge in [-0.1, -0.05) is 30.0 Å². The molecule has 0 bridgehead atoms. The number of ether oxygens (including phenoxy) is 1. The van der Waals surface area contributed by atoms with Crippen molar-refractivity contribution >= 4 is 23.4 Å². The molecule has 1 aromatic carbocycles. The first kappa shape index (κ1) is 19.1. The molecule has 8 heteroatoms. The predicted molar refractivity (Wildman–Crippen MR) is 119 cm³/mol. The Morgan fingerprint density at radius 2 is 1.87 bits per heavy atom. The average molecular weight is 421 g/mol. The molecule has 154 valence electrons. The molecule has 1 aliphatic heterocycles. The molecule has 1 aliphatic rings. The maximum absolute atomic E-state index is 5.52. The highest BCUT2D eigenvalue weighted by Gasteiger charge is 2.22. The number of imidazole rings is 1. The van der Waals surface area contributed by atoms with Crippen LogP contribution in [0, 0.1) is 13.8 Å². The van der Waals surface area contributed by atoms with Crippen molar-refractivity contribution in [3.63, 3.8) is 0 Å². The third-order valence-electron chi connectivity index (χ3n) is 5.17. The second-order valence-corrected chi connectivity index (χ2v) is 8.49. The summed E-state index contributed by atoms with van der Waals surface area (Å²) in [7, 11) is 0. The van der Waals surface area contributed by atoms with Gasteiger partial charge in [-0.15, -0.1) is 10.2 Å². The standard InChI is InChI=1S/C22H24N6OS/c1-16-4-3-5-19(12-16)28-21(26-8-10-29-11-9-26)24-25-22(28)30-15-18-14-27-13-17(2)6-7-20(27)23-18/h3-7,12-14H,8-11,15H2,1-2H3. The second kappa shape index (κ2) is 8.12. The molecule has 0 amide bonds. The van der Waals surface area contributed by atoms with Crippen LogP contribution in [-0.2, 0) is 10.5 Å². The van der Waals surface area contributed by atoms with Crippen molar-refractivity contribution < 1.29 is 4.74 Å². The normalized spacial score (nSPS) is 14.5. The number of nitrogens with zero attached hydrogens (tertiary/aromatic N) is 6. The first-order valence-electron chi connectivity index (χ1n) is 10.1. The molecule has 0 radical (unpaired) electrons. The predicted octanol–water partition coefficient (Wildman–Crippen LogP) is 3.66. The molecule has 0 spiro atoms. The van der Waals surface area contributed by atoms with E-state index >= 15 is 0 Å². The van der Waals surface area contributed by atoms with Gasteiger partial charge in [-0.3, -0.25) is 4.57 Å². The molecule has 1 saturated heterocycles. The lowest BCUT2D eigenvalue weighted by atomic mass is 10.2. The molecular formula is C22H24N6OS. The van der Waals surface area contributed by atoms with Crippen LogP contribution in [0.5, 0.6) is 0 Å². The summed E-state index contributed by atoms with van der Waals surface area (Å²) in [4.78, 5) is 6.99. The minimum absolute atomic E-state index is 0.712. The number of hydrogen-bond donors (Lipinski definition) is 0. The average Bonchev–Trinajstić information content (AvgIpc) is 3.36. The topological polar surface area (TPSA) is 60.5 Å². The van der Waals surface area contributed by atoms with Gasteiger partial charge in [0.15, 0.2) is 5.16 Å². The molecule has 5 rings (SSSR count). The minimum Gasteiger partial charge on any atom is -0.378 e. The van der Waals surface area contributed by atoms with E-state index in [1.807, 2.05) is 0 Å². The largest absolute Gasteiger partial charge is 0.378 e. The van der Waals surface area contributed by atoms with Crippen LogP contribution in [0.1, 0.15) is 16.8 Å². The number of hydrogen-bond acceptors (Lipinski definition) is 6. The molecule has 7 nitrogen and oxygen atoms in total. The van der Waals surface area contributed by atoms with Gasteiger partial charge in [-0.2, -0.15) is 0 Å². The lowest BCUT2D eigenvalue weighted by Gasteiger charge is -2.28. The number of morpholine rings is 1. The monoisotopic (exact) mass is 420 g/mol. The van der Waals surface area contributed by atoms with Gasteiger partial charge in [0.25, 0.3) is 0 Å². The van der Waals surface area contributed by atoms with E-state index < -0.39 is 0 Å². The summed E-state index contributed by atoms with van der Waals surface area (Å²) < 4.78 is 9.76. The number of fused-ring (bicyclic) bond motifs is 1. The van der Waals surface area contributed by atoms with Crippen LogP contribution < -0.4 is 4.90 Å². The van der Waals surface area contributed by atoms with E-state index in [2.05, 4.69) is 86.7 Å². The highest BCUT2D eigenvalue weighted by molar-refractivity contribution is 7.98. The van der Waals surface area contributed by atoms with E-state index in [1.165, 1.54) is 11.1 Å². The third kappa shape index (κ3) is 3.80. The molecular weight excluding hydrogens is 396 g/mol. The number of thioether (sulfide) groups is 1. The molecule has 1 fully saturated rings. The summed E-state index contributed by atoms with van der Waals surface area (Å²) in [6, 6.07) is 12.6. The number of benzene rings is 1. The highest BCUT2D eigenvalue weighted by Crippen LogP contribution is 2.29. The van der Waals surface area contributed by atoms with E-state index in [0.717, 1.165) is 47.0 Å². The lowest BCUT2D eigenvalue weighted by Crippen LogP contribution is -2.37. The van der Waals surface area contributed by atoms with Crippen LogP contribution in [0.3, 0.4) is 0 Å². The van der Waals surface area contributed by atoms with E-state index in [4.69, 9.17) is 9.72 Å². The van der Waals surface area contributed by atoms with Crippen molar-refractivity contribution in [3.05, 3.63) is 65.6 Å². The third-order valence-corrected chi connectivity index (χ3v) is 6.13. The molecule has 0 atom stereocenters. The number of anilines is 1. The first-order valence-corrected chi connectivity index (χ1v) is 11.1. The van der Waals surface area contributed by atoms with Crippen LogP contribution in [0.4, 0.5) is 5.95 Å². The Morgan fingerprint density at radius 1 is 1.00 bits per heavy atom. The molecule has 0 unspecified atom stereocenters. The molecule has 4 aromatic rings. The van der Waals surface area contributed by atoms with Crippen molar-refractivity contribution in [2.24, 2.45) is 0 Å². The van der Waals surface area contributed by atoms with Crippen LogP contribution >= 0.6 is 11.8 Å². The Bertz CT molecular complexity index is 1180. The van der Waals surface area contributed by atoms with Gasteiger partial charge in [0.1, 0.15) is 5.65 Å². The van der Waals surface area contributed by atoms with Gasteiger partial charge < -0.3 is 14.0 Å². The molecule has 4 heterocycles. The summed E-state index contributed by atoms with van der Waals surface area (Å²) in [6.45, 7) is 7.26. The zero-order valence-electron chi connectivity index (χ0n) is 17.2. The van der Waals surface area contributed by atoms with Crippen molar-refractivity contribution in [1.29, 1.82) is 0 Å². The summed E-state index contributed by atoms with van der Waals surface area (Å²) in [5, 5.41) is 9.96. The quantitative estimate of drug-likeness (QED) is 0.459. The van der Waals surface area contributed by atoms with Crippen LogP contribution in [-0.4, -0.2) is 50.5 Å². The highest BCUT2D eigenvalue weighted by atomic mass is 32.2. The van der Waals surface area contributed by atoms with Crippen molar-refractivity contribution in [2.45, 2.75) is 24.8 Å². The molecule has 3 aromatic heterocycles. The maximum atomic E-state index is 5.52. The van der Waals surface area contributed by atoms with Gasteiger partial charge in [0.05, 0.1) is 24.6 Å². The fourth-order valence-electron chi connectivity index (χ4n) is 3.68. The van der Waals surface area contributed by atoms with Crippen LogP contribution in [0.2, 0.25) is 0 Å². The van der Waals surface area contributed by atoms with E-state index in [9.17, 15) is 0 Å². The fraction of sp³-hybridized carbons (Fsp3) is 0.318. The zero-order valence-corrected chi connectivity index (χ0v) is 18.0. The Morgan fingerprint density at radius 3 is 2.70 bits per heavy atom.